The summed E-state index contributed by atoms with van der Waals surface area (Å²) in [7, 11) is 2.09. The molecule has 0 atom stereocenters. The first-order valence-corrected chi connectivity index (χ1v) is 11.9. The van der Waals surface area contributed by atoms with Gasteiger partial charge in [0.25, 0.3) is 11.5 Å². The van der Waals surface area contributed by atoms with Crippen LogP contribution in [0, 0.1) is 0 Å². The predicted molar refractivity (Wildman–Crippen MR) is 129 cm³/mol. The van der Waals surface area contributed by atoms with Crippen LogP contribution >= 0.6 is 0 Å². The van der Waals surface area contributed by atoms with Crippen LogP contribution in [0.5, 0.6) is 0 Å². The molecule has 33 heavy (non-hydrogen) atoms. The van der Waals surface area contributed by atoms with E-state index >= 15 is 0 Å². The van der Waals surface area contributed by atoms with Gasteiger partial charge in [-0.15, -0.1) is 0 Å². The SMILES string of the molecule is CN1CCCN(C(=O)c2ccc3c(=O)n4c(nc3c2)CCN(Cc2ccccc2)CC4)CC1. The second-order valence-corrected chi connectivity index (χ2v) is 9.18. The number of aromatic nitrogens is 2. The summed E-state index contributed by atoms with van der Waals surface area (Å²) in [6.07, 6.45) is 1.69. The van der Waals surface area contributed by atoms with Crippen molar-refractivity contribution >= 4 is 16.8 Å². The number of carbonyl (C=O) groups excluding carboxylic acids is 1. The standard InChI is InChI=1S/C26H31N5O2/c1-28-11-5-12-30(16-14-28)25(32)21-8-9-22-23(18-21)27-24-10-13-29(15-17-31(24)26(22)33)19-20-6-3-2-4-7-20/h2-4,6-9,18H,5,10-17,19H2,1H3. The molecule has 3 aromatic rings. The Kier molecular flexibility index (Phi) is 6.24. The number of hydrogen-bond donors (Lipinski definition) is 0. The molecule has 0 aliphatic carbocycles. The van der Waals surface area contributed by atoms with Gasteiger partial charge >= 0.3 is 0 Å². The molecule has 2 aliphatic rings. The summed E-state index contributed by atoms with van der Waals surface area (Å²) in [6, 6.07) is 15.8. The third kappa shape index (κ3) is 4.70. The quantitative estimate of drug-likeness (QED) is 0.619. The highest BCUT2D eigenvalue weighted by Gasteiger charge is 2.21. The zero-order valence-electron chi connectivity index (χ0n) is 19.2. The minimum absolute atomic E-state index is 0.00745. The van der Waals surface area contributed by atoms with E-state index in [-0.39, 0.29) is 11.5 Å². The van der Waals surface area contributed by atoms with Crippen molar-refractivity contribution in [1.82, 2.24) is 24.3 Å². The average molecular weight is 446 g/mol. The maximum absolute atomic E-state index is 13.3. The van der Waals surface area contributed by atoms with Crippen LogP contribution in [0.15, 0.2) is 53.3 Å². The maximum Gasteiger partial charge on any atom is 0.261 e. The Morgan fingerprint density at radius 3 is 2.64 bits per heavy atom. The summed E-state index contributed by atoms with van der Waals surface area (Å²) >= 11 is 0. The molecule has 7 heteroatoms. The summed E-state index contributed by atoms with van der Waals surface area (Å²) in [5.74, 6) is 0.835. The number of fused-ring (bicyclic) bond motifs is 2. The van der Waals surface area contributed by atoms with Crippen LogP contribution < -0.4 is 5.56 Å². The fourth-order valence-electron chi connectivity index (χ4n) is 4.86. The number of benzene rings is 2. The number of carbonyl (C=O) groups is 1. The van der Waals surface area contributed by atoms with E-state index in [0.29, 0.717) is 29.4 Å². The molecule has 0 unspecified atom stereocenters. The van der Waals surface area contributed by atoms with Gasteiger partial charge in [0.05, 0.1) is 10.9 Å². The lowest BCUT2D eigenvalue weighted by Crippen LogP contribution is -2.34. The Bertz CT molecular complexity index is 1210. The lowest BCUT2D eigenvalue weighted by atomic mass is 10.1. The Balaban J connectivity index is 1.38. The molecule has 0 saturated carbocycles. The molecular formula is C26H31N5O2. The van der Waals surface area contributed by atoms with Gasteiger partial charge in [-0.1, -0.05) is 30.3 Å². The number of nitrogens with zero attached hydrogens (tertiary/aromatic N) is 5. The van der Waals surface area contributed by atoms with Gasteiger partial charge < -0.3 is 9.80 Å². The third-order valence-corrected chi connectivity index (χ3v) is 6.83. The van der Waals surface area contributed by atoms with Gasteiger partial charge in [-0.3, -0.25) is 19.1 Å². The molecule has 1 aromatic heterocycles. The minimum atomic E-state index is -0.00745. The molecule has 0 radical (unpaired) electrons. The first kappa shape index (κ1) is 21.8. The lowest BCUT2D eigenvalue weighted by molar-refractivity contribution is 0.0763. The molecule has 1 saturated heterocycles. The van der Waals surface area contributed by atoms with E-state index in [1.54, 1.807) is 18.2 Å². The van der Waals surface area contributed by atoms with Gasteiger partial charge in [0.2, 0.25) is 0 Å². The summed E-state index contributed by atoms with van der Waals surface area (Å²) in [5, 5.41) is 0.586. The van der Waals surface area contributed by atoms with Crippen LogP contribution in [-0.4, -0.2) is 76.5 Å². The van der Waals surface area contributed by atoms with Crippen molar-refractivity contribution in [3.63, 3.8) is 0 Å². The smallest absolute Gasteiger partial charge is 0.261 e. The summed E-state index contributed by atoms with van der Waals surface area (Å²) in [4.78, 5) is 37.8. The van der Waals surface area contributed by atoms with Crippen molar-refractivity contribution in [1.29, 1.82) is 0 Å². The predicted octanol–water partition coefficient (Wildman–Crippen LogP) is 2.23. The number of rotatable bonds is 3. The van der Waals surface area contributed by atoms with Crippen molar-refractivity contribution < 1.29 is 4.79 Å². The Morgan fingerprint density at radius 1 is 0.939 bits per heavy atom. The number of likely N-dealkylation sites (N-methyl/N-ethyl adjacent to an activating group) is 1. The molecular weight excluding hydrogens is 414 g/mol. The zero-order chi connectivity index (χ0) is 22.8. The largest absolute Gasteiger partial charge is 0.337 e. The molecule has 5 rings (SSSR count). The average Bonchev–Trinajstić information content (AvgIpc) is 3.17. The normalized spacial score (nSPS) is 18.0. The molecule has 3 heterocycles. The highest BCUT2D eigenvalue weighted by Crippen LogP contribution is 2.17. The third-order valence-electron chi connectivity index (χ3n) is 6.83. The molecule has 172 valence electrons. The molecule has 0 bridgehead atoms. The van der Waals surface area contributed by atoms with Crippen molar-refractivity contribution in [3.8, 4) is 0 Å². The molecule has 0 N–H and O–H groups in total. The van der Waals surface area contributed by atoms with E-state index in [0.717, 1.165) is 58.1 Å². The van der Waals surface area contributed by atoms with E-state index in [1.165, 1.54) is 5.56 Å². The van der Waals surface area contributed by atoms with Crippen molar-refractivity contribution in [2.75, 3.05) is 46.3 Å². The van der Waals surface area contributed by atoms with Crippen LogP contribution in [0.1, 0.15) is 28.2 Å². The van der Waals surface area contributed by atoms with Crippen LogP contribution in [0.4, 0.5) is 0 Å². The first-order valence-electron chi connectivity index (χ1n) is 11.9. The monoisotopic (exact) mass is 445 g/mol. The fourth-order valence-corrected chi connectivity index (χ4v) is 4.86. The molecule has 0 spiro atoms. The van der Waals surface area contributed by atoms with Gasteiger partial charge in [0, 0.05) is 57.8 Å². The van der Waals surface area contributed by atoms with Crippen LogP contribution in [0.2, 0.25) is 0 Å². The van der Waals surface area contributed by atoms with E-state index in [9.17, 15) is 9.59 Å². The summed E-state index contributed by atoms with van der Waals surface area (Å²) in [5.41, 5.74) is 2.51. The molecule has 1 amide bonds. The molecule has 7 nitrogen and oxygen atoms in total. The Hall–Kier alpha value is -3.03. The first-order chi connectivity index (χ1) is 16.1. The highest BCUT2D eigenvalue weighted by molar-refractivity contribution is 5.97. The van der Waals surface area contributed by atoms with Crippen molar-refractivity contribution in [2.24, 2.45) is 0 Å². The van der Waals surface area contributed by atoms with E-state index in [4.69, 9.17) is 4.98 Å². The lowest BCUT2D eigenvalue weighted by Gasteiger charge is -2.20. The van der Waals surface area contributed by atoms with Gasteiger partial charge in [-0.05, 0) is 43.8 Å². The molecule has 1 fully saturated rings. The Labute approximate surface area is 194 Å². The zero-order valence-corrected chi connectivity index (χ0v) is 19.2. The minimum Gasteiger partial charge on any atom is -0.337 e. The maximum atomic E-state index is 13.3. The van der Waals surface area contributed by atoms with E-state index in [2.05, 4.69) is 41.1 Å². The van der Waals surface area contributed by atoms with Gasteiger partial charge in [0.15, 0.2) is 0 Å². The van der Waals surface area contributed by atoms with Crippen molar-refractivity contribution in [2.45, 2.75) is 25.9 Å². The number of amides is 1. The molecule has 2 aromatic carbocycles. The highest BCUT2D eigenvalue weighted by atomic mass is 16.2. The molecule has 2 aliphatic heterocycles. The second kappa shape index (κ2) is 9.45. The van der Waals surface area contributed by atoms with Crippen molar-refractivity contribution in [3.05, 3.63) is 75.8 Å². The van der Waals surface area contributed by atoms with Gasteiger partial charge in [-0.25, -0.2) is 4.98 Å². The van der Waals surface area contributed by atoms with Crippen LogP contribution in [0.3, 0.4) is 0 Å². The number of hydrogen-bond acceptors (Lipinski definition) is 5. The topological polar surface area (TPSA) is 61.7 Å². The van der Waals surface area contributed by atoms with Crippen LogP contribution in [0.25, 0.3) is 10.9 Å². The van der Waals surface area contributed by atoms with E-state index in [1.807, 2.05) is 15.5 Å². The summed E-state index contributed by atoms with van der Waals surface area (Å²) < 4.78 is 1.82. The Morgan fingerprint density at radius 2 is 1.79 bits per heavy atom. The van der Waals surface area contributed by atoms with Crippen LogP contribution in [-0.2, 0) is 19.5 Å². The summed E-state index contributed by atoms with van der Waals surface area (Å²) in [6.45, 7) is 6.54. The van der Waals surface area contributed by atoms with Gasteiger partial charge in [0.1, 0.15) is 5.82 Å². The van der Waals surface area contributed by atoms with E-state index < -0.39 is 0 Å². The van der Waals surface area contributed by atoms with Gasteiger partial charge in [-0.2, -0.15) is 0 Å². The fraction of sp³-hybridized carbons (Fsp3) is 0.423. The second-order valence-electron chi connectivity index (χ2n) is 9.18.